The summed E-state index contributed by atoms with van der Waals surface area (Å²) in [6, 6.07) is 8.43. The Hall–Kier alpha value is -1.68. The van der Waals surface area contributed by atoms with Crippen LogP contribution in [0.5, 0.6) is 0 Å². The summed E-state index contributed by atoms with van der Waals surface area (Å²) in [6.45, 7) is 8.12. The molecule has 0 saturated carbocycles. The summed E-state index contributed by atoms with van der Waals surface area (Å²) < 4.78 is 2.07. The Morgan fingerprint density at radius 2 is 2.16 bits per heavy atom. The van der Waals surface area contributed by atoms with Gasteiger partial charge in [0.1, 0.15) is 0 Å². The monoisotopic (exact) mass is 258 g/mol. The first kappa shape index (κ1) is 13.7. The highest BCUT2D eigenvalue weighted by Gasteiger charge is 2.09. The summed E-state index contributed by atoms with van der Waals surface area (Å²) in [5.41, 5.74) is 3.46. The van der Waals surface area contributed by atoms with Gasteiger partial charge in [0.25, 0.3) is 0 Å². The zero-order chi connectivity index (χ0) is 13.7. The third-order valence-electron chi connectivity index (χ3n) is 3.30. The fourth-order valence-corrected chi connectivity index (χ4v) is 2.10. The Morgan fingerprint density at radius 3 is 2.79 bits per heavy atom. The molecule has 0 spiro atoms. The van der Waals surface area contributed by atoms with Crippen LogP contribution in [0.2, 0.25) is 0 Å². The second-order valence-corrected chi connectivity index (χ2v) is 4.65. The smallest absolute Gasteiger partial charge is 0.0625 e. The third-order valence-corrected chi connectivity index (χ3v) is 3.30. The molecule has 0 bridgehead atoms. The number of pyridine rings is 1. The molecule has 1 N–H and O–H groups in total. The molecule has 0 fully saturated rings. The van der Waals surface area contributed by atoms with E-state index in [0.717, 1.165) is 30.9 Å². The first-order chi connectivity index (χ1) is 9.24. The van der Waals surface area contributed by atoms with E-state index >= 15 is 0 Å². The van der Waals surface area contributed by atoms with E-state index in [4.69, 9.17) is 0 Å². The number of aryl methyl sites for hydroxylation is 2. The fourth-order valence-electron chi connectivity index (χ4n) is 2.10. The van der Waals surface area contributed by atoms with Crippen molar-refractivity contribution in [2.24, 2.45) is 0 Å². The lowest BCUT2D eigenvalue weighted by molar-refractivity contribution is 0.523. The van der Waals surface area contributed by atoms with Crippen molar-refractivity contribution in [1.29, 1.82) is 0 Å². The van der Waals surface area contributed by atoms with Crippen molar-refractivity contribution >= 4 is 0 Å². The molecular weight excluding hydrogens is 236 g/mol. The van der Waals surface area contributed by atoms with Gasteiger partial charge in [0.05, 0.1) is 17.1 Å². The Kier molecular flexibility index (Phi) is 4.68. The highest BCUT2D eigenvalue weighted by molar-refractivity contribution is 5.12. The Labute approximate surface area is 114 Å². The maximum Gasteiger partial charge on any atom is 0.0625 e. The topological polar surface area (TPSA) is 42.7 Å². The van der Waals surface area contributed by atoms with Crippen molar-refractivity contribution in [3.05, 3.63) is 47.5 Å². The number of hydrogen-bond acceptors (Lipinski definition) is 3. The van der Waals surface area contributed by atoms with Gasteiger partial charge in [-0.15, -0.1) is 0 Å². The van der Waals surface area contributed by atoms with E-state index in [1.165, 1.54) is 5.69 Å². The molecule has 0 aliphatic heterocycles. The van der Waals surface area contributed by atoms with Gasteiger partial charge >= 0.3 is 0 Å². The molecule has 0 unspecified atom stereocenters. The number of rotatable bonds is 6. The highest BCUT2D eigenvalue weighted by atomic mass is 15.3. The van der Waals surface area contributed by atoms with Crippen LogP contribution >= 0.6 is 0 Å². The molecule has 2 heterocycles. The minimum absolute atomic E-state index is 0.242. The van der Waals surface area contributed by atoms with Gasteiger partial charge in [-0.25, -0.2) is 0 Å². The van der Waals surface area contributed by atoms with Crippen molar-refractivity contribution in [2.45, 2.75) is 46.3 Å². The predicted octanol–water partition coefficient (Wildman–Crippen LogP) is 2.71. The van der Waals surface area contributed by atoms with E-state index in [9.17, 15) is 0 Å². The van der Waals surface area contributed by atoms with Gasteiger partial charge in [0.15, 0.2) is 0 Å². The van der Waals surface area contributed by atoms with Crippen LogP contribution in [0.1, 0.15) is 43.9 Å². The fraction of sp³-hybridized carbons (Fsp3) is 0.467. The van der Waals surface area contributed by atoms with Gasteiger partial charge in [-0.05, 0) is 38.5 Å². The molecule has 1 atom stereocenters. The quantitative estimate of drug-likeness (QED) is 0.866. The van der Waals surface area contributed by atoms with Crippen molar-refractivity contribution in [3.63, 3.8) is 0 Å². The molecule has 4 heteroatoms. The summed E-state index contributed by atoms with van der Waals surface area (Å²) in [6.07, 6.45) is 2.81. The summed E-state index contributed by atoms with van der Waals surface area (Å²) in [5.74, 6) is 0. The summed E-state index contributed by atoms with van der Waals surface area (Å²) in [4.78, 5) is 4.37. The van der Waals surface area contributed by atoms with Gasteiger partial charge in [-0.2, -0.15) is 5.10 Å². The standard InChI is InChI=1S/C15H22N4/c1-4-13-10-14(19(5-2)18-13)11-17-12(3)15-8-6-7-9-16-15/h6-10,12,17H,4-5,11H2,1-3H3/t12-/m1/s1. The number of hydrogen-bond donors (Lipinski definition) is 1. The Bertz CT molecular complexity index is 504. The minimum atomic E-state index is 0.242. The van der Waals surface area contributed by atoms with E-state index in [0.29, 0.717) is 0 Å². The third kappa shape index (κ3) is 3.41. The van der Waals surface area contributed by atoms with Gasteiger partial charge < -0.3 is 5.32 Å². The molecule has 2 aromatic rings. The first-order valence-corrected chi connectivity index (χ1v) is 6.94. The molecule has 2 rings (SSSR count). The van der Waals surface area contributed by atoms with Crippen LogP contribution in [0, 0.1) is 0 Å². The second kappa shape index (κ2) is 6.48. The lowest BCUT2D eigenvalue weighted by atomic mass is 10.2. The van der Waals surface area contributed by atoms with E-state index in [1.807, 2.05) is 24.4 Å². The van der Waals surface area contributed by atoms with Crippen LogP contribution in [0.25, 0.3) is 0 Å². The number of nitrogens with zero attached hydrogens (tertiary/aromatic N) is 3. The van der Waals surface area contributed by atoms with E-state index in [-0.39, 0.29) is 6.04 Å². The van der Waals surface area contributed by atoms with E-state index in [2.05, 4.69) is 46.9 Å². The van der Waals surface area contributed by atoms with Gasteiger partial charge in [0.2, 0.25) is 0 Å². The van der Waals surface area contributed by atoms with Crippen molar-refractivity contribution < 1.29 is 0 Å². The molecule has 0 saturated heterocycles. The zero-order valence-electron chi connectivity index (χ0n) is 11.9. The average Bonchev–Trinajstić information content (AvgIpc) is 2.88. The molecule has 19 heavy (non-hydrogen) atoms. The van der Waals surface area contributed by atoms with Crippen LogP contribution < -0.4 is 5.32 Å². The summed E-state index contributed by atoms with van der Waals surface area (Å²) in [7, 11) is 0. The number of aromatic nitrogens is 3. The van der Waals surface area contributed by atoms with Gasteiger partial charge in [-0.3, -0.25) is 9.67 Å². The van der Waals surface area contributed by atoms with Crippen LogP contribution in [-0.2, 0) is 19.5 Å². The largest absolute Gasteiger partial charge is 0.303 e. The maximum absolute atomic E-state index is 4.56. The summed E-state index contributed by atoms with van der Waals surface area (Å²) >= 11 is 0. The molecular formula is C15H22N4. The first-order valence-electron chi connectivity index (χ1n) is 6.94. The van der Waals surface area contributed by atoms with Gasteiger partial charge in [-0.1, -0.05) is 13.0 Å². The maximum atomic E-state index is 4.56. The van der Waals surface area contributed by atoms with E-state index < -0.39 is 0 Å². The second-order valence-electron chi connectivity index (χ2n) is 4.65. The van der Waals surface area contributed by atoms with Crippen LogP contribution in [0.4, 0.5) is 0 Å². The zero-order valence-corrected chi connectivity index (χ0v) is 11.9. The molecule has 0 amide bonds. The Balaban J connectivity index is 2.00. The summed E-state index contributed by atoms with van der Waals surface area (Å²) in [5, 5.41) is 8.06. The molecule has 0 aliphatic carbocycles. The van der Waals surface area contributed by atoms with E-state index in [1.54, 1.807) is 0 Å². The predicted molar refractivity (Wildman–Crippen MR) is 76.8 cm³/mol. The van der Waals surface area contributed by atoms with Crippen molar-refractivity contribution in [3.8, 4) is 0 Å². The molecule has 0 aliphatic rings. The highest BCUT2D eigenvalue weighted by Crippen LogP contribution is 2.11. The molecule has 0 aromatic carbocycles. The van der Waals surface area contributed by atoms with Crippen molar-refractivity contribution in [2.75, 3.05) is 0 Å². The van der Waals surface area contributed by atoms with Gasteiger partial charge in [0, 0.05) is 25.3 Å². The van der Waals surface area contributed by atoms with Crippen molar-refractivity contribution in [1.82, 2.24) is 20.1 Å². The van der Waals surface area contributed by atoms with Crippen LogP contribution in [0.3, 0.4) is 0 Å². The average molecular weight is 258 g/mol. The lowest BCUT2D eigenvalue weighted by Gasteiger charge is -2.13. The normalized spacial score (nSPS) is 12.6. The van der Waals surface area contributed by atoms with Crippen LogP contribution in [-0.4, -0.2) is 14.8 Å². The lowest BCUT2D eigenvalue weighted by Crippen LogP contribution is -2.21. The molecule has 4 nitrogen and oxygen atoms in total. The van der Waals surface area contributed by atoms with Crippen LogP contribution in [0.15, 0.2) is 30.5 Å². The minimum Gasteiger partial charge on any atom is -0.303 e. The number of nitrogens with one attached hydrogen (secondary N) is 1. The SMILES string of the molecule is CCc1cc(CN[C@H](C)c2ccccn2)n(CC)n1. The Morgan fingerprint density at radius 1 is 1.32 bits per heavy atom. The molecule has 0 radical (unpaired) electrons. The molecule has 2 aromatic heterocycles. The molecule has 102 valence electrons.